The summed E-state index contributed by atoms with van der Waals surface area (Å²) < 4.78 is 13.9. The van der Waals surface area contributed by atoms with Gasteiger partial charge in [0.15, 0.2) is 11.9 Å². The van der Waals surface area contributed by atoms with E-state index in [0.29, 0.717) is 34.5 Å². The van der Waals surface area contributed by atoms with E-state index in [1.807, 2.05) is 13.1 Å². The number of amides is 2. The van der Waals surface area contributed by atoms with Gasteiger partial charge < -0.3 is 14.5 Å². The summed E-state index contributed by atoms with van der Waals surface area (Å²) in [5, 5.41) is 11.8. The van der Waals surface area contributed by atoms with Crippen LogP contribution in [-0.4, -0.2) is 33.4 Å². The molecule has 2 N–H and O–H groups in total. The second kappa shape index (κ2) is 12.1. The lowest BCUT2D eigenvalue weighted by molar-refractivity contribution is -0.122. The van der Waals surface area contributed by atoms with Crippen molar-refractivity contribution in [1.82, 2.24) is 15.2 Å². The number of aromatic nitrogens is 2. The average Bonchev–Trinajstić information content (AvgIpc) is 3.53. The van der Waals surface area contributed by atoms with Crippen molar-refractivity contribution in [3.63, 3.8) is 0 Å². The van der Waals surface area contributed by atoms with Gasteiger partial charge in [-0.2, -0.15) is 10.2 Å². The van der Waals surface area contributed by atoms with Gasteiger partial charge >= 0.3 is 5.91 Å². The first kappa shape index (κ1) is 27.2. The number of benzene rings is 2. The lowest BCUT2D eigenvalue weighted by Crippen LogP contribution is -2.30. The minimum atomic E-state index is -0.711. The predicted octanol–water partition coefficient (Wildman–Crippen LogP) is 5.81. The first-order valence-corrected chi connectivity index (χ1v) is 12.8. The topological polar surface area (TPSA) is 111 Å². The Morgan fingerprint density at radius 3 is 2.63 bits per heavy atom. The molecule has 9 nitrogen and oxygen atoms in total. The number of aryl methyl sites for hydroxylation is 1. The molecular weight excluding hydrogens is 574 g/mol. The lowest BCUT2D eigenvalue weighted by atomic mass is 10.1. The number of hydrogen-bond donors (Lipinski definition) is 2. The second-order valence-electron chi connectivity index (χ2n) is 8.50. The van der Waals surface area contributed by atoms with Gasteiger partial charge in [-0.3, -0.25) is 14.3 Å². The van der Waals surface area contributed by atoms with Gasteiger partial charge in [-0.25, -0.2) is 5.43 Å². The maximum absolute atomic E-state index is 12.6. The lowest BCUT2D eigenvalue weighted by Gasteiger charge is -2.16. The molecule has 2 amide bonds. The maximum atomic E-state index is 12.6. The molecule has 38 heavy (non-hydrogen) atoms. The highest BCUT2D eigenvalue weighted by atomic mass is 79.9. The van der Waals surface area contributed by atoms with Gasteiger partial charge in [0, 0.05) is 16.9 Å². The van der Waals surface area contributed by atoms with Crippen molar-refractivity contribution in [3.8, 4) is 5.75 Å². The van der Waals surface area contributed by atoms with Crippen molar-refractivity contribution in [3.05, 3.63) is 99.1 Å². The highest BCUT2D eigenvalue weighted by molar-refractivity contribution is 9.10. The van der Waals surface area contributed by atoms with Crippen molar-refractivity contribution in [2.24, 2.45) is 5.10 Å². The van der Waals surface area contributed by atoms with Gasteiger partial charge in [-0.05, 0) is 90.3 Å². The summed E-state index contributed by atoms with van der Waals surface area (Å²) in [6.07, 6.45) is 2.77. The van der Waals surface area contributed by atoms with E-state index in [2.05, 4.69) is 36.9 Å². The van der Waals surface area contributed by atoms with Crippen molar-refractivity contribution >= 4 is 50.7 Å². The molecule has 0 saturated carbocycles. The van der Waals surface area contributed by atoms with Gasteiger partial charge in [-0.15, -0.1) is 0 Å². The Morgan fingerprint density at radius 2 is 1.95 bits per heavy atom. The number of hydrogen-bond acceptors (Lipinski definition) is 6. The molecule has 11 heteroatoms. The Kier molecular flexibility index (Phi) is 8.65. The Balaban J connectivity index is 1.30. The third-order valence-electron chi connectivity index (χ3n) is 5.51. The Labute approximate surface area is 232 Å². The summed E-state index contributed by atoms with van der Waals surface area (Å²) in [6.45, 7) is 5.71. The molecule has 2 aromatic heterocycles. The fourth-order valence-corrected chi connectivity index (χ4v) is 4.01. The summed E-state index contributed by atoms with van der Waals surface area (Å²) in [5.41, 5.74) is 5.31. The molecule has 0 aliphatic carbocycles. The third-order valence-corrected chi connectivity index (χ3v) is 6.15. The van der Waals surface area contributed by atoms with E-state index in [1.54, 1.807) is 79.3 Å². The Bertz CT molecular complexity index is 1480. The smallest absolute Gasteiger partial charge is 0.307 e. The van der Waals surface area contributed by atoms with Gasteiger partial charge in [0.05, 0.1) is 22.9 Å². The number of nitrogens with zero attached hydrogens (tertiary/aromatic N) is 3. The number of hydrazone groups is 1. The van der Waals surface area contributed by atoms with Crippen molar-refractivity contribution in [1.29, 1.82) is 0 Å². The van der Waals surface area contributed by atoms with E-state index in [0.717, 1.165) is 15.6 Å². The van der Waals surface area contributed by atoms with Crippen LogP contribution in [-0.2, 0) is 11.3 Å². The molecule has 0 spiro atoms. The fraction of sp³-hybridized carbons (Fsp3) is 0.185. The van der Waals surface area contributed by atoms with Crippen LogP contribution < -0.4 is 15.5 Å². The van der Waals surface area contributed by atoms with Crippen LogP contribution in [0, 0.1) is 6.92 Å². The number of furan rings is 1. The van der Waals surface area contributed by atoms with Crippen LogP contribution in [0.5, 0.6) is 5.75 Å². The predicted molar refractivity (Wildman–Crippen MR) is 149 cm³/mol. The molecular formula is C27H25BrClN5O4. The molecule has 2 aromatic carbocycles. The van der Waals surface area contributed by atoms with E-state index in [4.69, 9.17) is 20.8 Å². The number of carbonyl (C=O) groups excluding carboxylic acids is 2. The van der Waals surface area contributed by atoms with Crippen LogP contribution in [0.4, 0.5) is 5.69 Å². The Morgan fingerprint density at radius 1 is 1.18 bits per heavy atom. The Hall–Kier alpha value is -3.89. The minimum absolute atomic E-state index is 0.144. The molecule has 196 valence electrons. The molecule has 0 radical (unpaired) electrons. The zero-order chi connectivity index (χ0) is 27.2. The molecule has 1 atom stereocenters. The monoisotopic (exact) mass is 597 g/mol. The van der Waals surface area contributed by atoms with Gasteiger partial charge in [0.25, 0.3) is 5.91 Å². The number of halogens is 2. The van der Waals surface area contributed by atoms with Crippen LogP contribution in [0.1, 0.15) is 41.3 Å². The molecule has 0 aliphatic rings. The molecule has 0 aliphatic heterocycles. The molecule has 0 saturated heterocycles. The van der Waals surface area contributed by atoms with Crippen LogP contribution in [0.15, 0.2) is 81.0 Å². The number of ether oxygens (including phenoxy) is 1. The van der Waals surface area contributed by atoms with Crippen molar-refractivity contribution in [2.45, 2.75) is 33.4 Å². The van der Waals surface area contributed by atoms with E-state index < -0.39 is 12.0 Å². The minimum Gasteiger partial charge on any atom is -0.481 e. The molecule has 4 aromatic rings. The first-order chi connectivity index (χ1) is 18.2. The molecule has 0 fully saturated rings. The molecule has 4 rings (SSSR count). The number of rotatable bonds is 9. The van der Waals surface area contributed by atoms with E-state index in [9.17, 15) is 9.59 Å². The van der Waals surface area contributed by atoms with Gasteiger partial charge in [0.1, 0.15) is 11.5 Å². The first-order valence-electron chi connectivity index (χ1n) is 11.6. The molecule has 1 unspecified atom stereocenters. The SMILES string of the molecule is C/C(=N\NC(=O)c1ccc(Cn2cc(Br)cn2)o1)c1ccc(NC(=O)C(C)Oc2ccc(Cl)cc2C)cc1. The highest BCUT2D eigenvalue weighted by Crippen LogP contribution is 2.23. The second-order valence-corrected chi connectivity index (χ2v) is 9.85. The van der Waals surface area contributed by atoms with Crippen molar-refractivity contribution in [2.75, 3.05) is 5.32 Å². The fourth-order valence-electron chi connectivity index (χ4n) is 3.45. The average molecular weight is 599 g/mol. The summed E-state index contributed by atoms with van der Waals surface area (Å²) in [7, 11) is 0. The third kappa shape index (κ3) is 7.11. The largest absolute Gasteiger partial charge is 0.481 e. The summed E-state index contributed by atoms with van der Waals surface area (Å²) in [6, 6.07) is 15.6. The molecule has 2 heterocycles. The quantitative estimate of drug-likeness (QED) is 0.187. The van der Waals surface area contributed by atoms with E-state index in [1.165, 1.54) is 0 Å². The van der Waals surface area contributed by atoms with Crippen molar-refractivity contribution < 1.29 is 18.7 Å². The normalized spacial score (nSPS) is 12.2. The standard InChI is InChI=1S/C27H25BrClN5O4/c1-16-12-21(29)6-10-24(16)37-18(3)26(35)31-22-7-4-19(5-8-22)17(2)32-33-27(36)25-11-9-23(38-25)15-34-14-20(28)13-30-34/h4-14,18H,15H2,1-3H3,(H,31,35)(H,33,36)/b32-17+. The van der Waals surface area contributed by atoms with Crippen LogP contribution in [0.25, 0.3) is 0 Å². The zero-order valence-corrected chi connectivity index (χ0v) is 23.2. The number of carbonyl (C=O) groups is 2. The maximum Gasteiger partial charge on any atom is 0.307 e. The van der Waals surface area contributed by atoms with Gasteiger partial charge in [-0.1, -0.05) is 23.7 Å². The zero-order valence-electron chi connectivity index (χ0n) is 20.9. The van der Waals surface area contributed by atoms with E-state index in [-0.39, 0.29) is 11.7 Å². The number of anilines is 1. The number of nitrogens with one attached hydrogen (secondary N) is 2. The van der Waals surface area contributed by atoms with E-state index >= 15 is 0 Å². The summed E-state index contributed by atoms with van der Waals surface area (Å²) in [4.78, 5) is 25.0. The van der Waals surface area contributed by atoms with Crippen LogP contribution >= 0.6 is 27.5 Å². The highest BCUT2D eigenvalue weighted by Gasteiger charge is 2.16. The summed E-state index contributed by atoms with van der Waals surface area (Å²) >= 11 is 9.32. The van der Waals surface area contributed by atoms with Crippen LogP contribution in [0.2, 0.25) is 5.02 Å². The van der Waals surface area contributed by atoms with Gasteiger partial charge in [0.2, 0.25) is 0 Å². The molecule has 0 bridgehead atoms. The van der Waals surface area contributed by atoms with Crippen LogP contribution in [0.3, 0.4) is 0 Å². The summed E-state index contributed by atoms with van der Waals surface area (Å²) in [5.74, 6) is 0.574.